The van der Waals surface area contributed by atoms with Crippen molar-refractivity contribution in [2.24, 2.45) is 9.98 Å². The van der Waals surface area contributed by atoms with Gasteiger partial charge in [-0.1, -0.05) is 78.1 Å². The third-order valence-electron chi connectivity index (χ3n) is 6.87. The van der Waals surface area contributed by atoms with E-state index in [1.54, 1.807) is 0 Å². The molecule has 0 unspecified atom stereocenters. The van der Waals surface area contributed by atoms with Crippen LogP contribution in [0.25, 0.3) is 0 Å². The first kappa shape index (κ1) is 31.1. The summed E-state index contributed by atoms with van der Waals surface area (Å²) in [5.41, 5.74) is 3.89. The van der Waals surface area contributed by atoms with Crippen molar-refractivity contribution in [3.63, 3.8) is 0 Å². The van der Waals surface area contributed by atoms with Gasteiger partial charge < -0.3 is 9.47 Å². The van der Waals surface area contributed by atoms with E-state index in [4.69, 9.17) is 9.47 Å². The number of nitrogens with zero attached hydrogens (tertiary/aromatic N) is 2. The molecule has 0 fully saturated rings. The molecule has 0 spiro atoms. The Hall–Kier alpha value is -3.40. The Bertz CT molecular complexity index is 1010. The molecule has 3 aromatic rings. The van der Waals surface area contributed by atoms with E-state index in [0.29, 0.717) is 0 Å². The quantitative estimate of drug-likeness (QED) is 0.106. The van der Waals surface area contributed by atoms with Gasteiger partial charge in [0.05, 0.1) is 24.6 Å². The molecule has 0 aliphatic carbocycles. The zero-order chi connectivity index (χ0) is 28.1. The third-order valence-corrected chi connectivity index (χ3v) is 6.87. The van der Waals surface area contributed by atoms with Crippen molar-refractivity contribution in [1.82, 2.24) is 0 Å². The molecule has 0 radical (unpaired) electrons. The lowest BCUT2D eigenvalue weighted by Crippen LogP contribution is -1.97. The lowest BCUT2D eigenvalue weighted by molar-refractivity contribution is 0.304. The fourth-order valence-corrected chi connectivity index (χ4v) is 4.37. The topological polar surface area (TPSA) is 43.2 Å². The van der Waals surface area contributed by atoms with Gasteiger partial charge in [-0.05, 0) is 96.8 Å². The summed E-state index contributed by atoms with van der Waals surface area (Å²) >= 11 is 0. The van der Waals surface area contributed by atoms with Gasteiger partial charge in [-0.15, -0.1) is 0 Å². The van der Waals surface area contributed by atoms with E-state index in [1.165, 1.54) is 64.2 Å². The molecule has 0 N–H and O–H groups in total. The van der Waals surface area contributed by atoms with Crippen molar-refractivity contribution in [1.29, 1.82) is 0 Å². The van der Waals surface area contributed by atoms with Crippen molar-refractivity contribution in [2.75, 3.05) is 13.2 Å². The first-order chi connectivity index (χ1) is 19.8. The Morgan fingerprint density at radius 1 is 0.450 bits per heavy atom. The van der Waals surface area contributed by atoms with Gasteiger partial charge in [0.2, 0.25) is 0 Å². The number of aliphatic imine (C=N–C) groups is 2. The summed E-state index contributed by atoms with van der Waals surface area (Å²) in [6, 6.07) is 24.2. The Morgan fingerprint density at radius 3 is 1.18 bits per heavy atom. The van der Waals surface area contributed by atoms with E-state index in [-0.39, 0.29) is 0 Å². The molecular formula is C36H48N2O2. The van der Waals surface area contributed by atoms with Crippen LogP contribution in [0.1, 0.15) is 102 Å². The van der Waals surface area contributed by atoms with E-state index in [0.717, 1.165) is 60.1 Å². The minimum atomic E-state index is 0.785. The lowest BCUT2D eigenvalue weighted by atomic mass is 10.1. The summed E-state index contributed by atoms with van der Waals surface area (Å²) in [5.74, 6) is 1.84. The first-order valence-corrected chi connectivity index (χ1v) is 15.4. The molecule has 214 valence electrons. The molecular weight excluding hydrogens is 492 g/mol. The minimum absolute atomic E-state index is 0.785. The van der Waals surface area contributed by atoms with Crippen LogP contribution in [0.5, 0.6) is 11.5 Å². The van der Waals surface area contributed by atoms with E-state index in [9.17, 15) is 0 Å². The number of ether oxygens (including phenoxy) is 2. The fraction of sp³-hybridized carbons (Fsp3) is 0.444. The summed E-state index contributed by atoms with van der Waals surface area (Å²) in [7, 11) is 0. The van der Waals surface area contributed by atoms with Crippen LogP contribution in [0, 0.1) is 0 Å². The van der Waals surface area contributed by atoms with Gasteiger partial charge in [0.1, 0.15) is 11.5 Å². The number of rotatable bonds is 20. The molecule has 0 bridgehead atoms. The highest BCUT2D eigenvalue weighted by Gasteiger charge is 1.98. The SMILES string of the molecule is CCCCCCCCOc1ccc(/C=N\c2ccc(/N=C\c3ccc(OCCCCCCCC)cc3)cc2)cc1. The van der Waals surface area contributed by atoms with Crippen LogP contribution in [0.4, 0.5) is 11.4 Å². The lowest BCUT2D eigenvalue weighted by Gasteiger charge is -2.06. The highest BCUT2D eigenvalue weighted by Crippen LogP contribution is 2.20. The normalized spacial score (nSPS) is 11.4. The molecule has 0 amide bonds. The van der Waals surface area contributed by atoms with Gasteiger partial charge in [-0.25, -0.2) is 0 Å². The van der Waals surface area contributed by atoms with Gasteiger partial charge in [0, 0.05) is 12.4 Å². The highest BCUT2D eigenvalue weighted by atomic mass is 16.5. The number of benzene rings is 3. The minimum Gasteiger partial charge on any atom is -0.494 e. The van der Waals surface area contributed by atoms with E-state index < -0.39 is 0 Å². The van der Waals surface area contributed by atoms with Crippen LogP contribution in [-0.4, -0.2) is 25.6 Å². The average molecular weight is 541 g/mol. The Labute approximate surface area is 242 Å². The standard InChI is InChI=1S/C36H48N2O2/c1-3-5-7-9-11-13-27-39-35-23-15-31(16-24-35)29-37-33-19-21-34(22-20-33)38-30-32-17-25-36(26-18-32)40-28-14-12-10-8-6-4-2/h15-26,29-30H,3-14,27-28H2,1-2H3/b37-29-,38-30-. The zero-order valence-electron chi connectivity index (χ0n) is 24.7. The van der Waals surface area contributed by atoms with Crippen LogP contribution in [0.15, 0.2) is 82.8 Å². The van der Waals surface area contributed by atoms with Crippen molar-refractivity contribution in [2.45, 2.75) is 90.9 Å². The zero-order valence-corrected chi connectivity index (χ0v) is 24.7. The first-order valence-electron chi connectivity index (χ1n) is 15.4. The molecule has 0 heterocycles. The molecule has 40 heavy (non-hydrogen) atoms. The second kappa shape index (κ2) is 19.6. The van der Waals surface area contributed by atoms with Crippen molar-refractivity contribution >= 4 is 23.8 Å². The average Bonchev–Trinajstić information content (AvgIpc) is 3.00. The second-order valence-corrected chi connectivity index (χ2v) is 10.4. The Morgan fingerprint density at radius 2 is 0.800 bits per heavy atom. The number of hydrogen-bond donors (Lipinski definition) is 0. The largest absolute Gasteiger partial charge is 0.494 e. The predicted octanol–water partition coefficient (Wildman–Crippen LogP) is 10.7. The fourth-order valence-electron chi connectivity index (χ4n) is 4.37. The maximum Gasteiger partial charge on any atom is 0.119 e. The Balaban J connectivity index is 1.36. The molecule has 0 saturated carbocycles. The summed E-state index contributed by atoms with van der Waals surface area (Å²) in [5, 5.41) is 0. The smallest absolute Gasteiger partial charge is 0.119 e. The van der Waals surface area contributed by atoms with Gasteiger partial charge in [0.25, 0.3) is 0 Å². The summed E-state index contributed by atoms with van der Waals surface area (Å²) in [6.07, 6.45) is 19.0. The van der Waals surface area contributed by atoms with E-state index in [2.05, 4.69) is 23.8 Å². The monoisotopic (exact) mass is 540 g/mol. The number of unbranched alkanes of at least 4 members (excludes halogenated alkanes) is 10. The van der Waals surface area contributed by atoms with Gasteiger partial charge >= 0.3 is 0 Å². The van der Waals surface area contributed by atoms with Crippen LogP contribution >= 0.6 is 0 Å². The molecule has 0 atom stereocenters. The van der Waals surface area contributed by atoms with Gasteiger partial charge in [-0.3, -0.25) is 9.98 Å². The summed E-state index contributed by atoms with van der Waals surface area (Å²) < 4.78 is 11.7. The van der Waals surface area contributed by atoms with Crippen LogP contribution in [0.2, 0.25) is 0 Å². The molecule has 3 rings (SSSR count). The van der Waals surface area contributed by atoms with Crippen molar-refractivity contribution < 1.29 is 9.47 Å². The summed E-state index contributed by atoms with van der Waals surface area (Å²) in [4.78, 5) is 9.21. The maximum atomic E-state index is 5.87. The molecule has 3 aromatic carbocycles. The number of hydrogen-bond acceptors (Lipinski definition) is 4. The molecule has 0 aromatic heterocycles. The second-order valence-electron chi connectivity index (χ2n) is 10.4. The maximum absolute atomic E-state index is 5.87. The Kier molecular flexibility index (Phi) is 15.3. The van der Waals surface area contributed by atoms with E-state index in [1.807, 2.05) is 85.2 Å². The van der Waals surface area contributed by atoms with Crippen molar-refractivity contribution in [3.05, 3.63) is 83.9 Å². The van der Waals surface area contributed by atoms with Crippen LogP contribution in [-0.2, 0) is 0 Å². The van der Waals surface area contributed by atoms with Crippen molar-refractivity contribution in [3.8, 4) is 11.5 Å². The van der Waals surface area contributed by atoms with Gasteiger partial charge in [-0.2, -0.15) is 0 Å². The summed E-state index contributed by atoms with van der Waals surface area (Å²) in [6.45, 7) is 6.07. The molecule has 4 nitrogen and oxygen atoms in total. The third kappa shape index (κ3) is 13.1. The van der Waals surface area contributed by atoms with Gasteiger partial charge in [0.15, 0.2) is 0 Å². The molecule has 0 aliphatic rings. The molecule has 4 heteroatoms. The molecule has 0 aliphatic heterocycles. The highest BCUT2D eigenvalue weighted by molar-refractivity contribution is 5.83. The van der Waals surface area contributed by atoms with E-state index >= 15 is 0 Å². The predicted molar refractivity (Wildman–Crippen MR) is 172 cm³/mol. The van der Waals surface area contributed by atoms with Crippen LogP contribution < -0.4 is 9.47 Å². The van der Waals surface area contributed by atoms with Crippen LogP contribution in [0.3, 0.4) is 0 Å². The molecule has 0 saturated heterocycles.